The first-order valence-electron chi connectivity index (χ1n) is 8.62. The van der Waals surface area contributed by atoms with E-state index >= 15 is 0 Å². The number of hydrogen-bond donors (Lipinski definition) is 3. The smallest absolute Gasteiger partial charge is 0.277 e. The predicted molar refractivity (Wildman–Crippen MR) is 98.2 cm³/mol. The highest BCUT2D eigenvalue weighted by atomic mass is 16.2. The zero-order valence-corrected chi connectivity index (χ0v) is 14.5. The number of anilines is 3. The minimum atomic E-state index is -0.798. The summed E-state index contributed by atoms with van der Waals surface area (Å²) in [5.41, 5.74) is 6.09. The minimum absolute atomic E-state index is 0.219. The van der Waals surface area contributed by atoms with Gasteiger partial charge in [-0.2, -0.15) is 0 Å². The van der Waals surface area contributed by atoms with Crippen LogP contribution in [0.1, 0.15) is 41.7 Å². The van der Waals surface area contributed by atoms with Gasteiger partial charge in [-0.15, -0.1) is 0 Å². The van der Waals surface area contributed by atoms with Gasteiger partial charge in [-0.05, 0) is 50.3 Å². The monoisotopic (exact) mass is 352 g/mol. The molecule has 1 unspecified atom stereocenters. The van der Waals surface area contributed by atoms with Gasteiger partial charge in [-0.1, -0.05) is 6.08 Å². The molecule has 0 aromatic carbocycles. The van der Waals surface area contributed by atoms with Gasteiger partial charge in [0.05, 0.1) is 0 Å². The molecule has 4 N–H and O–H groups in total. The Morgan fingerprint density at radius 3 is 2.92 bits per heavy atom. The standard InChI is InChI=1S/C18H20N6O2/c1-11-8-12(22-14-9-13(19)20-10-21-14)17(26)24-15(11)16(25)23-18(24)6-4-2-3-5-7-18/h4,6,8-10H,2-3,5,7H2,1H3,(H,23,25)(H3,19,20,21,22). The molecular weight excluding hydrogens is 332 g/mol. The number of nitrogens with one attached hydrogen (secondary N) is 2. The molecule has 0 saturated carbocycles. The van der Waals surface area contributed by atoms with Crippen molar-refractivity contribution in [3.8, 4) is 0 Å². The van der Waals surface area contributed by atoms with Crippen LogP contribution in [0.3, 0.4) is 0 Å². The number of carbonyl (C=O) groups is 1. The van der Waals surface area contributed by atoms with Crippen molar-refractivity contribution in [2.45, 2.75) is 38.3 Å². The Balaban J connectivity index is 1.87. The van der Waals surface area contributed by atoms with Gasteiger partial charge >= 0.3 is 0 Å². The fourth-order valence-corrected chi connectivity index (χ4v) is 3.70. The summed E-state index contributed by atoms with van der Waals surface area (Å²) in [5, 5.41) is 6.03. The van der Waals surface area contributed by atoms with Gasteiger partial charge in [0.15, 0.2) is 0 Å². The molecule has 1 aliphatic heterocycles. The maximum Gasteiger partial charge on any atom is 0.277 e. The largest absolute Gasteiger partial charge is 0.384 e. The predicted octanol–water partition coefficient (Wildman–Crippen LogP) is 1.80. The third-order valence-corrected chi connectivity index (χ3v) is 4.86. The van der Waals surface area contributed by atoms with Crippen molar-refractivity contribution in [1.82, 2.24) is 19.9 Å². The summed E-state index contributed by atoms with van der Waals surface area (Å²) in [6.07, 6.45) is 8.91. The third-order valence-electron chi connectivity index (χ3n) is 4.86. The van der Waals surface area contributed by atoms with Crippen molar-refractivity contribution < 1.29 is 4.79 Å². The lowest BCUT2D eigenvalue weighted by Crippen LogP contribution is -2.45. The molecule has 1 amide bonds. The molecule has 2 aliphatic rings. The molecule has 0 saturated heterocycles. The highest BCUT2D eigenvalue weighted by Gasteiger charge is 2.43. The van der Waals surface area contributed by atoms with Gasteiger partial charge in [-0.25, -0.2) is 9.97 Å². The van der Waals surface area contributed by atoms with Crippen LogP contribution >= 0.6 is 0 Å². The number of nitrogens with two attached hydrogens (primary N) is 1. The van der Waals surface area contributed by atoms with Crippen LogP contribution < -0.4 is 21.9 Å². The van der Waals surface area contributed by atoms with Gasteiger partial charge in [-0.3, -0.25) is 14.2 Å². The van der Waals surface area contributed by atoms with Gasteiger partial charge in [0.25, 0.3) is 11.5 Å². The summed E-state index contributed by atoms with van der Waals surface area (Å²) in [5.74, 6) is 0.516. The molecule has 1 spiro atoms. The molecule has 1 atom stereocenters. The van der Waals surface area contributed by atoms with Gasteiger partial charge < -0.3 is 16.4 Å². The van der Waals surface area contributed by atoms with Crippen molar-refractivity contribution in [2.75, 3.05) is 11.1 Å². The lowest BCUT2D eigenvalue weighted by Gasteiger charge is -2.28. The molecular formula is C18H20N6O2. The van der Waals surface area contributed by atoms with Crippen molar-refractivity contribution in [3.63, 3.8) is 0 Å². The first-order valence-corrected chi connectivity index (χ1v) is 8.62. The number of fused-ring (bicyclic) bond motifs is 2. The molecule has 0 fully saturated rings. The number of amides is 1. The number of allylic oxidation sites excluding steroid dienone is 1. The minimum Gasteiger partial charge on any atom is -0.384 e. The number of aryl methyl sites for hydroxylation is 1. The average molecular weight is 352 g/mol. The fraction of sp³-hybridized carbons (Fsp3) is 0.333. The molecule has 26 heavy (non-hydrogen) atoms. The van der Waals surface area contributed by atoms with Crippen molar-refractivity contribution in [1.29, 1.82) is 0 Å². The molecule has 134 valence electrons. The number of rotatable bonds is 2. The SMILES string of the molecule is Cc1cc(Nc2cc(N)ncn2)c(=O)n2c1C(=O)NC21C=CCCCC1. The van der Waals surface area contributed by atoms with Crippen LogP contribution in [-0.4, -0.2) is 20.4 Å². The topological polar surface area (TPSA) is 115 Å². The molecule has 2 aromatic rings. The lowest BCUT2D eigenvalue weighted by atomic mass is 10.0. The Morgan fingerprint density at radius 2 is 2.12 bits per heavy atom. The van der Waals surface area contributed by atoms with Crippen LogP contribution in [0.25, 0.3) is 0 Å². The van der Waals surface area contributed by atoms with Crippen LogP contribution in [0.2, 0.25) is 0 Å². The van der Waals surface area contributed by atoms with E-state index in [9.17, 15) is 9.59 Å². The number of hydrogen-bond acceptors (Lipinski definition) is 6. The highest BCUT2D eigenvalue weighted by molar-refractivity contribution is 5.97. The van der Waals surface area contributed by atoms with Crippen molar-refractivity contribution in [2.24, 2.45) is 0 Å². The number of aromatic nitrogens is 3. The number of nitrogens with zero attached hydrogens (tertiary/aromatic N) is 3. The van der Waals surface area contributed by atoms with E-state index in [0.717, 1.165) is 24.8 Å². The summed E-state index contributed by atoms with van der Waals surface area (Å²) >= 11 is 0. The number of carbonyl (C=O) groups excluding carboxylic acids is 1. The van der Waals surface area contributed by atoms with Gasteiger partial charge in [0.2, 0.25) is 0 Å². The summed E-state index contributed by atoms with van der Waals surface area (Å²) < 4.78 is 1.58. The van der Waals surface area contributed by atoms with Crippen LogP contribution in [0.5, 0.6) is 0 Å². The second kappa shape index (κ2) is 5.98. The van der Waals surface area contributed by atoms with E-state index in [4.69, 9.17) is 5.73 Å². The van der Waals surface area contributed by atoms with Crippen LogP contribution in [-0.2, 0) is 5.66 Å². The molecule has 3 heterocycles. The zero-order valence-electron chi connectivity index (χ0n) is 14.5. The number of pyridine rings is 1. The Morgan fingerprint density at radius 1 is 1.27 bits per heavy atom. The maximum atomic E-state index is 13.2. The molecule has 2 aromatic heterocycles. The fourth-order valence-electron chi connectivity index (χ4n) is 3.70. The Bertz CT molecular complexity index is 980. The first-order chi connectivity index (χ1) is 12.5. The summed E-state index contributed by atoms with van der Waals surface area (Å²) in [4.78, 5) is 33.7. The molecule has 4 rings (SSSR count). The number of nitrogen functional groups attached to an aromatic ring is 1. The average Bonchev–Trinajstić information content (AvgIpc) is 2.73. The van der Waals surface area contributed by atoms with Gasteiger partial charge in [0, 0.05) is 6.07 Å². The lowest BCUT2D eigenvalue weighted by molar-refractivity contribution is 0.0934. The Labute approximate surface area is 150 Å². The molecule has 8 heteroatoms. The van der Waals surface area contributed by atoms with E-state index in [1.54, 1.807) is 16.7 Å². The van der Waals surface area contributed by atoms with E-state index in [1.165, 1.54) is 6.33 Å². The van der Waals surface area contributed by atoms with Crippen LogP contribution in [0.4, 0.5) is 17.3 Å². The normalized spacial score (nSPS) is 21.3. The zero-order chi connectivity index (χ0) is 18.3. The second-order valence-corrected chi connectivity index (χ2v) is 6.71. The van der Waals surface area contributed by atoms with E-state index in [-0.39, 0.29) is 11.5 Å². The van der Waals surface area contributed by atoms with E-state index in [0.29, 0.717) is 29.4 Å². The van der Waals surface area contributed by atoms with Crippen LogP contribution in [0.15, 0.2) is 35.4 Å². The van der Waals surface area contributed by atoms with Gasteiger partial charge in [0.1, 0.15) is 35.0 Å². The molecule has 1 aliphatic carbocycles. The van der Waals surface area contributed by atoms with Crippen LogP contribution in [0, 0.1) is 6.92 Å². The molecule has 8 nitrogen and oxygen atoms in total. The second-order valence-electron chi connectivity index (χ2n) is 6.71. The maximum absolute atomic E-state index is 13.2. The van der Waals surface area contributed by atoms with Crippen molar-refractivity contribution in [3.05, 3.63) is 52.2 Å². The first kappa shape index (κ1) is 16.3. The molecule has 0 radical (unpaired) electrons. The highest BCUT2D eigenvalue weighted by Crippen LogP contribution is 2.33. The van der Waals surface area contributed by atoms with E-state index in [1.807, 2.05) is 19.1 Å². The Kier molecular flexibility index (Phi) is 3.75. The summed E-state index contributed by atoms with van der Waals surface area (Å²) in [6, 6.07) is 3.23. The Hall–Kier alpha value is -3.16. The van der Waals surface area contributed by atoms with E-state index in [2.05, 4.69) is 20.6 Å². The molecule has 0 bridgehead atoms. The van der Waals surface area contributed by atoms with Crippen molar-refractivity contribution >= 4 is 23.2 Å². The summed E-state index contributed by atoms with van der Waals surface area (Å²) in [6.45, 7) is 1.82. The summed E-state index contributed by atoms with van der Waals surface area (Å²) in [7, 11) is 0. The quantitative estimate of drug-likeness (QED) is 0.710. The van der Waals surface area contributed by atoms with E-state index < -0.39 is 5.66 Å². The third kappa shape index (κ3) is 2.54.